The topological polar surface area (TPSA) is 166 Å². The molecular formula is C15H10N6O6. The highest BCUT2D eigenvalue weighted by Gasteiger charge is 2.18. The first kappa shape index (κ1) is 17.5. The lowest BCUT2D eigenvalue weighted by atomic mass is 10.2. The summed E-state index contributed by atoms with van der Waals surface area (Å²) in [7, 11) is 0. The maximum atomic E-state index is 12.2. The van der Waals surface area contributed by atoms with E-state index < -0.39 is 21.6 Å². The molecule has 0 saturated heterocycles. The number of ether oxygens (including phenoxy) is 1. The zero-order valence-corrected chi connectivity index (χ0v) is 13.4. The summed E-state index contributed by atoms with van der Waals surface area (Å²) in [6.45, 7) is 0. The van der Waals surface area contributed by atoms with E-state index in [4.69, 9.17) is 4.74 Å². The maximum absolute atomic E-state index is 12.2. The molecule has 0 aliphatic carbocycles. The van der Waals surface area contributed by atoms with Crippen molar-refractivity contribution in [2.24, 2.45) is 0 Å². The highest BCUT2D eigenvalue weighted by Crippen LogP contribution is 2.29. The summed E-state index contributed by atoms with van der Waals surface area (Å²) in [5.74, 6) is -0.800. The molecule has 2 aromatic heterocycles. The monoisotopic (exact) mass is 370 g/mol. The average molecular weight is 370 g/mol. The Kier molecular flexibility index (Phi) is 4.70. The Balaban J connectivity index is 1.86. The van der Waals surface area contributed by atoms with Crippen molar-refractivity contribution in [3.8, 4) is 11.5 Å². The second kappa shape index (κ2) is 7.26. The van der Waals surface area contributed by atoms with Crippen LogP contribution in [0.3, 0.4) is 0 Å². The second-order valence-corrected chi connectivity index (χ2v) is 5.11. The van der Waals surface area contributed by atoms with Gasteiger partial charge in [-0.15, -0.1) is 5.10 Å². The van der Waals surface area contributed by atoms with E-state index in [0.717, 1.165) is 12.1 Å². The van der Waals surface area contributed by atoms with Crippen LogP contribution in [0.4, 0.5) is 17.2 Å². The molecule has 1 aromatic carbocycles. The number of aromatic amines is 1. The summed E-state index contributed by atoms with van der Waals surface area (Å²) in [5, 5.41) is 29.8. The van der Waals surface area contributed by atoms with Crippen molar-refractivity contribution in [2.45, 2.75) is 0 Å². The van der Waals surface area contributed by atoms with Crippen LogP contribution in [-0.4, -0.2) is 30.9 Å². The molecule has 0 radical (unpaired) electrons. The number of pyridine rings is 1. The molecule has 1 amide bonds. The first-order valence-corrected chi connectivity index (χ1v) is 7.31. The van der Waals surface area contributed by atoms with E-state index >= 15 is 0 Å². The van der Waals surface area contributed by atoms with E-state index in [1.807, 2.05) is 0 Å². The van der Waals surface area contributed by atoms with Crippen LogP contribution in [0.25, 0.3) is 0 Å². The number of nitrogens with zero attached hydrogens (tertiary/aromatic N) is 4. The number of nitro groups is 2. The van der Waals surface area contributed by atoms with Gasteiger partial charge in [-0.3, -0.25) is 19.9 Å². The average Bonchev–Trinajstić information content (AvgIpc) is 3.13. The molecule has 0 saturated carbocycles. The van der Waals surface area contributed by atoms with Crippen molar-refractivity contribution < 1.29 is 19.4 Å². The van der Waals surface area contributed by atoms with Crippen molar-refractivity contribution in [1.82, 2.24) is 15.2 Å². The number of rotatable bonds is 6. The minimum absolute atomic E-state index is 0.0544. The number of amides is 1. The van der Waals surface area contributed by atoms with E-state index in [1.165, 1.54) is 24.5 Å². The van der Waals surface area contributed by atoms with E-state index in [0.29, 0.717) is 5.75 Å². The van der Waals surface area contributed by atoms with Gasteiger partial charge in [0.05, 0.1) is 28.9 Å². The van der Waals surface area contributed by atoms with Gasteiger partial charge in [0.15, 0.2) is 5.69 Å². The van der Waals surface area contributed by atoms with Crippen LogP contribution in [0.15, 0.2) is 48.8 Å². The second-order valence-electron chi connectivity index (χ2n) is 5.11. The Bertz CT molecular complexity index is 1020. The van der Waals surface area contributed by atoms with Crippen LogP contribution < -0.4 is 10.1 Å². The molecule has 0 bridgehead atoms. The Morgan fingerprint density at radius 3 is 2.56 bits per heavy atom. The number of hydrogen-bond donors (Lipinski definition) is 2. The zero-order valence-electron chi connectivity index (χ0n) is 13.4. The van der Waals surface area contributed by atoms with Gasteiger partial charge in [0, 0.05) is 18.3 Å². The summed E-state index contributed by atoms with van der Waals surface area (Å²) in [6, 6.07) is 7.84. The van der Waals surface area contributed by atoms with Crippen molar-refractivity contribution in [3.63, 3.8) is 0 Å². The summed E-state index contributed by atoms with van der Waals surface area (Å²) in [6.07, 6.45) is 2.95. The summed E-state index contributed by atoms with van der Waals surface area (Å²) < 4.78 is 5.50. The molecule has 0 atom stereocenters. The molecule has 3 rings (SSSR count). The van der Waals surface area contributed by atoms with Gasteiger partial charge in [-0.2, -0.15) is 0 Å². The van der Waals surface area contributed by atoms with Crippen molar-refractivity contribution >= 4 is 23.1 Å². The number of non-ortho nitro benzene ring substituents is 1. The highest BCUT2D eigenvalue weighted by atomic mass is 16.6. The fraction of sp³-hybridized carbons (Fsp3) is 0. The van der Waals surface area contributed by atoms with Crippen LogP contribution in [0.1, 0.15) is 10.5 Å². The molecule has 2 N–H and O–H groups in total. The third-order valence-corrected chi connectivity index (χ3v) is 3.22. The molecule has 12 heteroatoms. The molecule has 0 aliphatic rings. The normalized spacial score (nSPS) is 10.2. The molecule has 27 heavy (non-hydrogen) atoms. The molecule has 12 nitrogen and oxygen atoms in total. The number of aromatic nitrogens is 3. The maximum Gasteiger partial charge on any atom is 0.343 e. The van der Waals surface area contributed by atoms with Crippen LogP contribution >= 0.6 is 0 Å². The zero-order chi connectivity index (χ0) is 19.4. The molecule has 0 fully saturated rings. The van der Waals surface area contributed by atoms with Gasteiger partial charge in [0.25, 0.3) is 11.6 Å². The van der Waals surface area contributed by atoms with Crippen LogP contribution in [0.5, 0.6) is 11.5 Å². The summed E-state index contributed by atoms with van der Waals surface area (Å²) in [4.78, 5) is 36.4. The van der Waals surface area contributed by atoms with Gasteiger partial charge >= 0.3 is 5.82 Å². The highest BCUT2D eigenvalue weighted by molar-refractivity contribution is 6.03. The van der Waals surface area contributed by atoms with E-state index in [1.54, 1.807) is 12.1 Å². The van der Waals surface area contributed by atoms with Crippen LogP contribution in [0.2, 0.25) is 0 Å². The van der Waals surface area contributed by atoms with Gasteiger partial charge in [0.1, 0.15) is 11.5 Å². The van der Waals surface area contributed by atoms with Gasteiger partial charge < -0.3 is 20.2 Å². The minimum Gasteiger partial charge on any atom is -0.455 e. The lowest BCUT2D eigenvalue weighted by Gasteiger charge is -2.08. The Labute approximate surface area is 150 Å². The molecule has 0 spiro atoms. The van der Waals surface area contributed by atoms with Crippen molar-refractivity contribution in [1.29, 1.82) is 0 Å². The predicted molar refractivity (Wildman–Crippen MR) is 90.6 cm³/mol. The fourth-order valence-corrected chi connectivity index (χ4v) is 2.08. The number of benzene rings is 1. The number of carbonyl (C=O) groups is 1. The smallest absolute Gasteiger partial charge is 0.343 e. The van der Waals surface area contributed by atoms with Gasteiger partial charge in [-0.05, 0) is 17.1 Å². The minimum atomic E-state index is -0.785. The molecule has 136 valence electrons. The molecular weight excluding hydrogens is 360 g/mol. The van der Waals surface area contributed by atoms with Gasteiger partial charge in [0.2, 0.25) is 0 Å². The number of carbonyl (C=O) groups excluding carboxylic acids is 1. The molecule has 3 aromatic rings. The van der Waals surface area contributed by atoms with Gasteiger partial charge in [-0.1, -0.05) is 5.10 Å². The number of nitro benzene ring substituents is 1. The third-order valence-electron chi connectivity index (χ3n) is 3.22. The Hall–Kier alpha value is -4.35. The first-order valence-electron chi connectivity index (χ1n) is 7.31. The third kappa shape index (κ3) is 4.19. The number of anilines is 1. The van der Waals surface area contributed by atoms with E-state index in [9.17, 15) is 25.0 Å². The Morgan fingerprint density at radius 2 is 1.93 bits per heavy atom. The molecule has 0 aliphatic heterocycles. The Morgan fingerprint density at radius 1 is 1.11 bits per heavy atom. The van der Waals surface area contributed by atoms with Crippen molar-refractivity contribution in [2.75, 3.05) is 5.32 Å². The lowest BCUT2D eigenvalue weighted by molar-refractivity contribution is -0.389. The van der Waals surface area contributed by atoms with Gasteiger partial charge in [-0.25, -0.2) is 0 Å². The standard InChI is InChI=1S/C15H10N6O6/c22-15(13-7-14(19-18-13)21(25)26)17-9-4-10(20(23)24)6-12(5-9)27-11-2-1-3-16-8-11/h1-8H,(H,17,22)(H,18,19). The first-order chi connectivity index (χ1) is 12.9. The van der Waals surface area contributed by atoms with Crippen LogP contribution in [-0.2, 0) is 0 Å². The van der Waals surface area contributed by atoms with Crippen molar-refractivity contribution in [3.05, 3.63) is 74.7 Å². The number of nitrogens with one attached hydrogen (secondary N) is 2. The summed E-state index contributed by atoms with van der Waals surface area (Å²) >= 11 is 0. The quantitative estimate of drug-likeness (QED) is 0.493. The fourth-order valence-electron chi connectivity index (χ4n) is 2.08. The number of hydrogen-bond acceptors (Lipinski definition) is 8. The molecule has 0 unspecified atom stereocenters. The van der Waals surface area contributed by atoms with E-state index in [-0.39, 0.29) is 22.8 Å². The lowest BCUT2D eigenvalue weighted by Crippen LogP contribution is -2.12. The van der Waals surface area contributed by atoms with E-state index in [2.05, 4.69) is 20.5 Å². The molecule has 2 heterocycles. The van der Waals surface area contributed by atoms with Crippen LogP contribution in [0, 0.1) is 20.2 Å². The predicted octanol–water partition coefficient (Wildman–Crippen LogP) is 2.67. The SMILES string of the molecule is O=C(Nc1cc(Oc2cccnc2)cc([N+](=O)[O-])c1)c1cc([N+](=O)[O-])[nH]n1. The summed E-state index contributed by atoms with van der Waals surface area (Å²) in [5.41, 5.74) is -0.513. The largest absolute Gasteiger partial charge is 0.455 e. The number of H-pyrrole nitrogens is 1.